The Morgan fingerprint density at radius 2 is 2.00 bits per heavy atom. The van der Waals surface area contributed by atoms with E-state index in [1.807, 2.05) is 37.3 Å². The van der Waals surface area contributed by atoms with E-state index in [1.165, 1.54) is 5.56 Å². The minimum atomic E-state index is 0.739. The third-order valence-corrected chi connectivity index (χ3v) is 2.41. The molecule has 86 valence electrons. The lowest BCUT2D eigenvalue weighted by Crippen LogP contribution is -1.76. The fourth-order valence-corrected chi connectivity index (χ4v) is 1.45. The molecule has 0 aliphatic carbocycles. The molecule has 0 aliphatic heterocycles. The van der Waals surface area contributed by atoms with Crippen molar-refractivity contribution in [1.82, 2.24) is 5.16 Å². The summed E-state index contributed by atoms with van der Waals surface area (Å²) in [6, 6.07) is 10.1. The zero-order chi connectivity index (χ0) is 12.3. The van der Waals surface area contributed by atoms with E-state index in [-0.39, 0.29) is 0 Å². The summed E-state index contributed by atoms with van der Waals surface area (Å²) in [5.41, 5.74) is 4.14. The molecule has 0 N–H and O–H groups in total. The molecule has 0 atom stereocenters. The lowest BCUT2D eigenvalue weighted by molar-refractivity contribution is 0.415. The van der Waals surface area contributed by atoms with Crippen LogP contribution in [-0.2, 0) is 0 Å². The van der Waals surface area contributed by atoms with Crippen molar-refractivity contribution < 1.29 is 4.52 Å². The van der Waals surface area contributed by atoms with E-state index in [0.29, 0.717) is 0 Å². The molecule has 2 rings (SSSR count). The minimum Gasteiger partial charge on any atom is -0.356 e. The number of rotatable bonds is 3. The second-order valence-electron chi connectivity index (χ2n) is 4.16. The van der Waals surface area contributed by atoms with Gasteiger partial charge in [-0.15, -0.1) is 0 Å². The highest BCUT2D eigenvalue weighted by Crippen LogP contribution is 2.20. The monoisotopic (exact) mass is 225 g/mol. The van der Waals surface area contributed by atoms with Crippen LogP contribution in [0.25, 0.3) is 17.3 Å². The van der Waals surface area contributed by atoms with Crippen LogP contribution in [0, 0.1) is 6.92 Å². The SMILES string of the molecule is C=C(C)/C=C/c1cc(-c2ccc(C)cc2)no1. The number of nitrogens with zero attached hydrogens (tertiary/aromatic N) is 1. The van der Waals surface area contributed by atoms with Gasteiger partial charge in [0.1, 0.15) is 5.69 Å². The highest BCUT2D eigenvalue weighted by molar-refractivity contribution is 5.62. The van der Waals surface area contributed by atoms with Gasteiger partial charge < -0.3 is 4.52 Å². The van der Waals surface area contributed by atoms with Gasteiger partial charge >= 0.3 is 0 Å². The molecule has 17 heavy (non-hydrogen) atoms. The zero-order valence-corrected chi connectivity index (χ0v) is 10.1. The Labute approximate surface area is 101 Å². The summed E-state index contributed by atoms with van der Waals surface area (Å²) in [7, 11) is 0. The summed E-state index contributed by atoms with van der Waals surface area (Å²) in [6.45, 7) is 7.80. The van der Waals surface area contributed by atoms with Crippen LogP contribution in [-0.4, -0.2) is 5.16 Å². The Balaban J connectivity index is 2.23. The molecule has 2 heteroatoms. The molecule has 0 saturated carbocycles. The van der Waals surface area contributed by atoms with Crippen molar-refractivity contribution >= 4 is 6.08 Å². The first-order valence-electron chi connectivity index (χ1n) is 5.52. The molecule has 2 nitrogen and oxygen atoms in total. The van der Waals surface area contributed by atoms with E-state index < -0.39 is 0 Å². The second-order valence-corrected chi connectivity index (χ2v) is 4.16. The zero-order valence-electron chi connectivity index (χ0n) is 10.1. The maximum atomic E-state index is 5.22. The van der Waals surface area contributed by atoms with Gasteiger partial charge in [-0.05, 0) is 19.9 Å². The minimum absolute atomic E-state index is 0.739. The summed E-state index contributed by atoms with van der Waals surface area (Å²) in [5.74, 6) is 0.739. The number of aryl methyl sites for hydroxylation is 1. The number of aromatic nitrogens is 1. The highest BCUT2D eigenvalue weighted by atomic mass is 16.5. The van der Waals surface area contributed by atoms with Gasteiger partial charge in [0.2, 0.25) is 0 Å². The molecular weight excluding hydrogens is 210 g/mol. The van der Waals surface area contributed by atoms with E-state index in [0.717, 1.165) is 22.6 Å². The Kier molecular flexibility index (Phi) is 3.24. The topological polar surface area (TPSA) is 26.0 Å². The number of hydrogen-bond acceptors (Lipinski definition) is 2. The predicted molar refractivity (Wildman–Crippen MR) is 70.5 cm³/mol. The molecular formula is C15H15NO. The molecule has 0 saturated heterocycles. The van der Waals surface area contributed by atoms with Gasteiger partial charge in [-0.25, -0.2) is 0 Å². The molecule has 1 aromatic heterocycles. The van der Waals surface area contributed by atoms with Crippen molar-refractivity contribution in [2.45, 2.75) is 13.8 Å². The summed E-state index contributed by atoms with van der Waals surface area (Å²) < 4.78 is 5.22. The van der Waals surface area contributed by atoms with Crippen LogP contribution in [0.3, 0.4) is 0 Å². The van der Waals surface area contributed by atoms with Crippen molar-refractivity contribution in [2.75, 3.05) is 0 Å². The van der Waals surface area contributed by atoms with Crippen molar-refractivity contribution in [3.05, 3.63) is 59.9 Å². The van der Waals surface area contributed by atoms with Gasteiger partial charge in [-0.3, -0.25) is 0 Å². The van der Waals surface area contributed by atoms with E-state index in [9.17, 15) is 0 Å². The average molecular weight is 225 g/mol. The average Bonchev–Trinajstić information content (AvgIpc) is 2.76. The van der Waals surface area contributed by atoms with E-state index in [1.54, 1.807) is 0 Å². The fraction of sp³-hybridized carbons (Fsp3) is 0.133. The number of allylic oxidation sites excluding steroid dienone is 2. The molecule has 1 aromatic carbocycles. The first-order chi connectivity index (χ1) is 8.15. The van der Waals surface area contributed by atoms with Gasteiger partial charge in [-0.1, -0.05) is 53.2 Å². The lowest BCUT2D eigenvalue weighted by Gasteiger charge is -1.95. The smallest absolute Gasteiger partial charge is 0.160 e. The number of hydrogen-bond donors (Lipinski definition) is 0. The van der Waals surface area contributed by atoms with E-state index in [4.69, 9.17) is 4.52 Å². The molecule has 0 aliphatic rings. The molecule has 2 aromatic rings. The quantitative estimate of drug-likeness (QED) is 0.730. The lowest BCUT2D eigenvalue weighted by atomic mass is 10.1. The van der Waals surface area contributed by atoms with Gasteiger partial charge in [0.15, 0.2) is 5.76 Å². The van der Waals surface area contributed by atoms with Crippen LogP contribution in [0.2, 0.25) is 0 Å². The van der Waals surface area contributed by atoms with Crippen LogP contribution in [0.4, 0.5) is 0 Å². The van der Waals surface area contributed by atoms with Crippen LogP contribution in [0.5, 0.6) is 0 Å². The largest absolute Gasteiger partial charge is 0.356 e. The summed E-state index contributed by atoms with van der Waals surface area (Å²) >= 11 is 0. The van der Waals surface area contributed by atoms with Crippen molar-refractivity contribution in [2.24, 2.45) is 0 Å². The second kappa shape index (κ2) is 4.83. The molecule has 0 fully saturated rings. The van der Waals surface area contributed by atoms with Gasteiger partial charge in [0.05, 0.1) is 0 Å². The third kappa shape index (κ3) is 2.94. The van der Waals surface area contributed by atoms with Gasteiger partial charge in [-0.2, -0.15) is 0 Å². The van der Waals surface area contributed by atoms with Crippen LogP contribution >= 0.6 is 0 Å². The molecule has 0 amide bonds. The standard InChI is InChI=1S/C15H15NO/c1-11(2)4-9-14-10-15(16-17-14)13-7-5-12(3)6-8-13/h4-10H,1H2,2-3H3/b9-4+. The Morgan fingerprint density at radius 3 is 2.65 bits per heavy atom. The third-order valence-electron chi connectivity index (χ3n) is 2.41. The van der Waals surface area contributed by atoms with Gasteiger partial charge in [0.25, 0.3) is 0 Å². The highest BCUT2D eigenvalue weighted by Gasteiger charge is 2.03. The van der Waals surface area contributed by atoms with E-state index >= 15 is 0 Å². The first-order valence-corrected chi connectivity index (χ1v) is 5.52. The summed E-state index contributed by atoms with van der Waals surface area (Å²) in [5, 5.41) is 4.04. The van der Waals surface area contributed by atoms with Crippen LogP contribution in [0.1, 0.15) is 18.2 Å². The van der Waals surface area contributed by atoms with Crippen molar-refractivity contribution in [3.8, 4) is 11.3 Å². The fourth-order valence-electron chi connectivity index (χ4n) is 1.45. The predicted octanol–water partition coefficient (Wildman–Crippen LogP) is 4.24. The van der Waals surface area contributed by atoms with Crippen LogP contribution < -0.4 is 0 Å². The maximum absolute atomic E-state index is 5.22. The molecule has 1 heterocycles. The summed E-state index contributed by atoms with van der Waals surface area (Å²) in [4.78, 5) is 0. The van der Waals surface area contributed by atoms with Crippen molar-refractivity contribution in [3.63, 3.8) is 0 Å². The van der Waals surface area contributed by atoms with E-state index in [2.05, 4.69) is 30.8 Å². The number of benzene rings is 1. The normalized spacial score (nSPS) is 10.9. The Hall–Kier alpha value is -2.09. The van der Waals surface area contributed by atoms with Crippen LogP contribution in [0.15, 0.2) is 53.1 Å². The maximum Gasteiger partial charge on any atom is 0.160 e. The van der Waals surface area contributed by atoms with Gasteiger partial charge in [0, 0.05) is 11.6 Å². The first kappa shape index (κ1) is 11.4. The molecule has 0 unspecified atom stereocenters. The summed E-state index contributed by atoms with van der Waals surface area (Å²) in [6.07, 6.45) is 3.77. The molecule has 0 spiro atoms. The molecule has 0 bridgehead atoms. The Morgan fingerprint density at radius 1 is 1.29 bits per heavy atom. The van der Waals surface area contributed by atoms with Crippen molar-refractivity contribution in [1.29, 1.82) is 0 Å². The Bertz CT molecular complexity index is 547. The molecule has 0 radical (unpaired) electrons.